The minimum absolute atomic E-state index is 0.123. The molecule has 0 aromatic rings. The molecule has 7 atom stereocenters. The van der Waals surface area contributed by atoms with Crippen LogP contribution in [0.2, 0.25) is 0 Å². The van der Waals surface area contributed by atoms with Gasteiger partial charge < -0.3 is 0 Å². The Morgan fingerprint density at radius 1 is 0.632 bits per heavy atom. The van der Waals surface area contributed by atoms with E-state index in [0.717, 1.165) is 0 Å². The number of rotatable bonds is 0. The second kappa shape index (κ2) is 4.46. The molecular formula is C10H5Cl9. The molecule has 1 unspecified atom stereocenters. The van der Waals surface area contributed by atoms with E-state index in [2.05, 4.69) is 0 Å². The highest BCUT2D eigenvalue weighted by Crippen LogP contribution is 2.79. The van der Waals surface area contributed by atoms with Crippen LogP contribution in [0.15, 0.2) is 10.1 Å². The smallest absolute Gasteiger partial charge is 0.121 e. The molecule has 0 heterocycles. The summed E-state index contributed by atoms with van der Waals surface area (Å²) in [6, 6.07) is 0. The lowest BCUT2D eigenvalue weighted by Gasteiger charge is -2.35. The Balaban J connectivity index is 2.29. The fourth-order valence-electron chi connectivity index (χ4n) is 3.47. The van der Waals surface area contributed by atoms with Gasteiger partial charge >= 0.3 is 0 Å². The van der Waals surface area contributed by atoms with Gasteiger partial charge in [-0.05, 0) is 0 Å². The van der Waals surface area contributed by atoms with Crippen LogP contribution in [0.1, 0.15) is 0 Å². The van der Waals surface area contributed by atoms with E-state index in [-0.39, 0.29) is 10.1 Å². The van der Waals surface area contributed by atoms with Crippen LogP contribution < -0.4 is 0 Å². The Bertz CT molecular complexity index is 447. The number of halogens is 9. The Kier molecular flexibility index (Phi) is 3.80. The summed E-state index contributed by atoms with van der Waals surface area (Å²) in [6.45, 7) is 0. The first-order valence-corrected chi connectivity index (χ1v) is 8.86. The van der Waals surface area contributed by atoms with Crippen LogP contribution in [0.5, 0.6) is 0 Å². The minimum Gasteiger partial charge on any atom is -0.121 e. The summed E-state index contributed by atoms with van der Waals surface area (Å²) in [4.78, 5) is -2.77. The van der Waals surface area contributed by atoms with Gasteiger partial charge in [-0.1, -0.05) is 46.4 Å². The Labute approximate surface area is 155 Å². The van der Waals surface area contributed by atoms with Gasteiger partial charge in [0.15, 0.2) is 4.33 Å². The maximum absolute atomic E-state index is 6.63. The number of allylic oxidation sites excluding steroid dienone is 2. The zero-order valence-corrected chi connectivity index (χ0v) is 15.6. The van der Waals surface area contributed by atoms with E-state index >= 15 is 0 Å². The Morgan fingerprint density at radius 3 is 1.26 bits per heavy atom. The van der Waals surface area contributed by atoms with Crippen molar-refractivity contribution < 1.29 is 0 Å². The van der Waals surface area contributed by atoms with Crippen molar-refractivity contribution in [3.63, 3.8) is 0 Å². The van der Waals surface area contributed by atoms with E-state index in [9.17, 15) is 0 Å². The van der Waals surface area contributed by atoms with Gasteiger partial charge in [0.05, 0.1) is 26.2 Å². The predicted molar refractivity (Wildman–Crippen MR) is 86.2 cm³/mol. The minimum atomic E-state index is -1.61. The molecule has 3 aliphatic carbocycles. The number of fused-ring (bicyclic) bond motifs is 5. The molecule has 0 spiro atoms. The van der Waals surface area contributed by atoms with Gasteiger partial charge in [-0.15, -0.1) is 58.0 Å². The van der Waals surface area contributed by atoms with Crippen LogP contribution in [-0.2, 0) is 0 Å². The van der Waals surface area contributed by atoms with Crippen molar-refractivity contribution in [1.82, 2.24) is 0 Å². The average Bonchev–Trinajstić information content (AvgIpc) is 2.69. The molecular weight excluding hydrogens is 439 g/mol. The largest absolute Gasteiger partial charge is 0.166 e. The van der Waals surface area contributed by atoms with Crippen molar-refractivity contribution in [1.29, 1.82) is 0 Å². The van der Waals surface area contributed by atoms with Gasteiger partial charge in [-0.25, -0.2) is 0 Å². The highest BCUT2D eigenvalue weighted by atomic mass is 35.5. The standard InChI is InChI=1S/C10H5Cl9/c11-3-1-2(4(12)5(3)13)9(17)7(15)6(14)8(1,16)10(9,18)19/h1-5H/t1-,2+,3+,4-,5?,8+,9-. The lowest BCUT2D eigenvalue weighted by atomic mass is 9.84. The topological polar surface area (TPSA) is 0 Å². The van der Waals surface area contributed by atoms with Gasteiger partial charge in [-0.2, -0.15) is 0 Å². The van der Waals surface area contributed by atoms with Gasteiger partial charge in [0, 0.05) is 11.8 Å². The van der Waals surface area contributed by atoms with Gasteiger partial charge in [-0.3, -0.25) is 0 Å². The molecule has 9 heteroatoms. The lowest BCUT2D eigenvalue weighted by Crippen LogP contribution is -2.48. The maximum Gasteiger partial charge on any atom is 0.166 e. The van der Waals surface area contributed by atoms with Crippen molar-refractivity contribution in [3.8, 4) is 0 Å². The Hall–Kier alpha value is 2.35. The average molecular weight is 444 g/mol. The molecule has 0 radical (unpaired) electrons. The van der Waals surface area contributed by atoms with Crippen LogP contribution in [-0.4, -0.2) is 30.2 Å². The van der Waals surface area contributed by atoms with Crippen molar-refractivity contribution in [2.24, 2.45) is 11.8 Å². The van der Waals surface area contributed by atoms with Crippen LogP contribution in [0.4, 0.5) is 0 Å². The normalized spacial score (nSPS) is 58.9. The lowest BCUT2D eigenvalue weighted by molar-refractivity contribution is 0.388. The number of hydrogen-bond donors (Lipinski definition) is 0. The molecule has 3 aliphatic rings. The van der Waals surface area contributed by atoms with Gasteiger partial charge in [0.2, 0.25) is 0 Å². The first-order chi connectivity index (χ1) is 8.54. The second-order valence-electron chi connectivity index (χ2n) is 5.01. The summed E-state index contributed by atoms with van der Waals surface area (Å²) in [6.07, 6.45) is 0. The van der Waals surface area contributed by atoms with Crippen LogP contribution in [0, 0.1) is 11.8 Å². The molecule has 0 saturated heterocycles. The van der Waals surface area contributed by atoms with E-state index in [4.69, 9.17) is 104 Å². The third-order valence-corrected chi connectivity index (χ3v) is 10.5. The predicted octanol–water partition coefficient (Wildman–Crippen LogP) is 5.90. The van der Waals surface area contributed by atoms with E-state index in [1.807, 2.05) is 0 Å². The van der Waals surface area contributed by atoms with Crippen molar-refractivity contribution >= 4 is 104 Å². The molecule has 0 aromatic carbocycles. The van der Waals surface area contributed by atoms with Crippen molar-refractivity contribution in [2.45, 2.75) is 30.2 Å². The zero-order valence-electron chi connectivity index (χ0n) is 8.79. The molecule has 0 N–H and O–H groups in total. The van der Waals surface area contributed by atoms with Crippen LogP contribution in [0.25, 0.3) is 0 Å². The zero-order chi connectivity index (χ0) is 14.5. The Morgan fingerprint density at radius 2 is 0.947 bits per heavy atom. The van der Waals surface area contributed by atoms with E-state index < -0.39 is 42.0 Å². The summed E-state index contributed by atoms with van der Waals surface area (Å²) in [7, 11) is 0. The quantitative estimate of drug-likeness (QED) is 0.409. The van der Waals surface area contributed by atoms with Crippen molar-refractivity contribution in [2.75, 3.05) is 0 Å². The molecule has 0 aromatic heterocycles. The highest BCUT2D eigenvalue weighted by Gasteiger charge is 2.86. The van der Waals surface area contributed by atoms with Crippen LogP contribution >= 0.6 is 104 Å². The van der Waals surface area contributed by atoms with Crippen LogP contribution in [0.3, 0.4) is 0 Å². The van der Waals surface area contributed by atoms with Gasteiger partial charge in [0.1, 0.15) is 9.75 Å². The first kappa shape index (κ1) is 16.2. The SMILES string of the molecule is ClC1=C(Cl)[C@]2(Cl)[C@H]3[C@H]([C@H](Cl)C(Cl)[C@@H]3Cl)[C@@]1(Cl)C2(Cl)Cl. The fraction of sp³-hybridized carbons (Fsp3) is 0.800. The maximum atomic E-state index is 6.63. The molecule has 108 valence electrons. The molecule has 3 rings (SSSR count). The number of hydrogen-bond acceptors (Lipinski definition) is 0. The fourth-order valence-corrected chi connectivity index (χ4v) is 8.08. The van der Waals surface area contributed by atoms with Gasteiger partial charge in [0.25, 0.3) is 0 Å². The molecule has 2 fully saturated rings. The summed E-state index contributed by atoms with van der Waals surface area (Å²) in [5.41, 5.74) is 0. The summed E-state index contributed by atoms with van der Waals surface area (Å²) in [5.74, 6) is -0.910. The third-order valence-electron chi connectivity index (χ3n) is 4.35. The van der Waals surface area contributed by atoms with E-state index in [0.29, 0.717) is 0 Å². The summed E-state index contributed by atoms with van der Waals surface area (Å²) in [5, 5.41) is -1.38. The second-order valence-corrected chi connectivity index (χ2v) is 9.80. The third kappa shape index (κ3) is 1.47. The van der Waals surface area contributed by atoms with E-state index in [1.54, 1.807) is 0 Å². The highest BCUT2D eigenvalue weighted by molar-refractivity contribution is 6.66. The van der Waals surface area contributed by atoms with Crippen molar-refractivity contribution in [3.05, 3.63) is 10.1 Å². The molecule has 2 bridgehead atoms. The molecule has 19 heavy (non-hydrogen) atoms. The molecule has 0 nitrogen and oxygen atoms in total. The summed E-state index contributed by atoms with van der Waals surface area (Å²) >= 11 is 57.4. The monoisotopic (exact) mass is 440 g/mol. The molecule has 0 aliphatic heterocycles. The molecule has 2 saturated carbocycles. The summed E-state index contributed by atoms with van der Waals surface area (Å²) < 4.78 is -1.61. The first-order valence-electron chi connectivity index (χ1n) is 5.28. The molecule has 0 amide bonds. The number of alkyl halides is 7. The van der Waals surface area contributed by atoms with E-state index in [1.165, 1.54) is 0 Å².